The van der Waals surface area contributed by atoms with Gasteiger partial charge in [0.2, 0.25) is 5.88 Å². The molecule has 1 unspecified atom stereocenters. The lowest BCUT2D eigenvalue weighted by molar-refractivity contribution is -0.137. The minimum Gasteiger partial charge on any atom is -0.475 e. The van der Waals surface area contributed by atoms with Crippen LogP contribution >= 0.6 is 11.6 Å². The smallest absolute Gasteiger partial charge is 0.418 e. The molecule has 42 heavy (non-hydrogen) atoms. The predicted molar refractivity (Wildman–Crippen MR) is 146 cm³/mol. The molecule has 1 aromatic carbocycles. The number of anilines is 2. The number of fused-ring (bicyclic) bond motifs is 3. The average Bonchev–Trinajstić information content (AvgIpc) is 3.40. The largest absolute Gasteiger partial charge is 0.475 e. The van der Waals surface area contributed by atoms with Crippen LogP contribution in [0.4, 0.5) is 33.5 Å². The second-order valence-electron chi connectivity index (χ2n) is 11.6. The van der Waals surface area contributed by atoms with E-state index in [2.05, 4.69) is 19.9 Å². The van der Waals surface area contributed by atoms with Crippen molar-refractivity contribution in [1.82, 2.24) is 19.9 Å². The number of ether oxygens (including phenoxy) is 2. The third-order valence-electron chi connectivity index (χ3n) is 8.91. The quantitative estimate of drug-likeness (QED) is 0.293. The molecular formula is C28H28ClF5N6O2. The molecule has 3 aromatic rings. The topological polar surface area (TPSA) is 89.6 Å². The fourth-order valence-corrected chi connectivity index (χ4v) is 7.37. The van der Waals surface area contributed by atoms with Crippen molar-refractivity contribution >= 4 is 34.0 Å². The molecule has 4 aliphatic heterocycles. The highest BCUT2D eigenvalue weighted by Crippen LogP contribution is 2.47. The summed E-state index contributed by atoms with van der Waals surface area (Å²) in [5.41, 5.74) is 2.41. The summed E-state index contributed by atoms with van der Waals surface area (Å²) < 4.78 is 85.4. The Labute approximate surface area is 242 Å². The standard InChI is InChI=1S/C28H28ClF5N6O2/c29-18-9-15(35)8-17(20(18)28(32,33)34)22-21(31)23-19-24(40-7-2-1-4-16(40)12-41-25(19)36-22)38-26(37-23)42-13-27-5-3-6-39(27)11-14(30)10-27/h8-9,14,16H,1-7,10-13,35H2/t14-,16?,27+/m1/s1. The molecule has 7 rings (SSSR count). The maximum Gasteiger partial charge on any atom is 0.418 e. The summed E-state index contributed by atoms with van der Waals surface area (Å²) in [7, 11) is 0. The van der Waals surface area contributed by atoms with E-state index < -0.39 is 45.5 Å². The average molecular weight is 611 g/mol. The van der Waals surface area contributed by atoms with Crippen molar-refractivity contribution in [3.63, 3.8) is 0 Å². The summed E-state index contributed by atoms with van der Waals surface area (Å²) in [6.45, 7) is 2.00. The molecule has 3 fully saturated rings. The normalized spacial score (nSPS) is 25.7. The van der Waals surface area contributed by atoms with E-state index in [9.17, 15) is 17.6 Å². The van der Waals surface area contributed by atoms with Crippen molar-refractivity contribution in [2.45, 2.75) is 62.5 Å². The molecule has 0 saturated carbocycles. The van der Waals surface area contributed by atoms with Gasteiger partial charge >= 0.3 is 12.2 Å². The van der Waals surface area contributed by atoms with Gasteiger partial charge in [0.25, 0.3) is 0 Å². The van der Waals surface area contributed by atoms with Gasteiger partial charge in [-0.05, 0) is 50.8 Å². The van der Waals surface area contributed by atoms with Crippen molar-refractivity contribution in [1.29, 1.82) is 0 Å². The third kappa shape index (κ3) is 4.47. The minimum atomic E-state index is -4.92. The summed E-state index contributed by atoms with van der Waals surface area (Å²) >= 11 is 5.98. The molecule has 224 valence electrons. The van der Waals surface area contributed by atoms with Crippen molar-refractivity contribution in [2.24, 2.45) is 0 Å². The van der Waals surface area contributed by atoms with Gasteiger partial charge in [0.1, 0.15) is 41.8 Å². The molecule has 0 radical (unpaired) electrons. The number of hydrogen-bond donors (Lipinski definition) is 1. The van der Waals surface area contributed by atoms with E-state index in [0.717, 1.165) is 50.8 Å². The van der Waals surface area contributed by atoms with Gasteiger partial charge in [0, 0.05) is 30.8 Å². The number of rotatable bonds is 4. The zero-order chi connectivity index (χ0) is 29.4. The van der Waals surface area contributed by atoms with E-state index in [-0.39, 0.29) is 47.7 Å². The van der Waals surface area contributed by atoms with Crippen LogP contribution in [0.3, 0.4) is 0 Å². The molecule has 3 saturated heterocycles. The van der Waals surface area contributed by atoms with Gasteiger partial charge in [-0.1, -0.05) is 11.6 Å². The highest BCUT2D eigenvalue weighted by atomic mass is 35.5. The first-order chi connectivity index (χ1) is 20.0. The Hall–Kier alpha value is -3.19. The summed E-state index contributed by atoms with van der Waals surface area (Å²) in [5.74, 6) is -0.846. The van der Waals surface area contributed by atoms with Gasteiger partial charge in [0.05, 0.1) is 22.2 Å². The first-order valence-electron chi connectivity index (χ1n) is 14.0. The molecular weight excluding hydrogens is 583 g/mol. The number of nitrogens with two attached hydrogens (primary N) is 1. The van der Waals surface area contributed by atoms with Crippen LogP contribution in [0.25, 0.3) is 22.2 Å². The molecule has 2 N–H and O–H groups in total. The highest BCUT2D eigenvalue weighted by Gasteiger charge is 2.49. The van der Waals surface area contributed by atoms with Crippen molar-refractivity contribution < 1.29 is 31.4 Å². The maximum absolute atomic E-state index is 16.5. The second-order valence-corrected chi connectivity index (χ2v) is 12.0. The Morgan fingerprint density at radius 1 is 1.14 bits per heavy atom. The summed E-state index contributed by atoms with van der Waals surface area (Å²) in [6, 6.07) is 1.69. The summed E-state index contributed by atoms with van der Waals surface area (Å²) in [6.07, 6.45) is -1.32. The maximum atomic E-state index is 16.5. The van der Waals surface area contributed by atoms with Gasteiger partial charge in [0.15, 0.2) is 5.82 Å². The van der Waals surface area contributed by atoms with Gasteiger partial charge in [-0.2, -0.15) is 23.1 Å². The molecule has 0 amide bonds. The Kier molecular flexibility index (Phi) is 6.54. The number of pyridine rings is 1. The van der Waals surface area contributed by atoms with Crippen LogP contribution in [0, 0.1) is 5.82 Å². The molecule has 3 atom stereocenters. The molecule has 2 aromatic heterocycles. The fraction of sp³-hybridized carbons (Fsp3) is 0.536. The van der Waals surface area contributed by atoms with Crippen LogP contribution in [-0.2, 0) is 6.18 Å². The summed E-state index contributed by atoms with van der Waals surface area (Å²) in [5, 5.41) is -0.528. The number of aromatic nitrogens is 3. The van der Waals surface area contributed by atoms with Crippen molar-refractivity contribution in [3.8, 4) is 23.1 Å². The Morgan fingerprint density at radius 3 is 2.79 bits per heavy atom. The second kappa shape index (κ2) is 9.94. The lowest BCUT2D eigenvalue weighted by atomic mass is 9.95. The number of nitrogen functional groups attached to an aromatic ring is 1. The Bertz CT molecular complexity index is 1570. The minimum absolute atomic E-state index is 0.0827. The third-order valence-corrected chi connectivity index (χ3v) is 9.20. The first kappa shape index (κ1) is 27.6. The molecule has 0 aliphatic carbocycles. The molecule has 4 aliphatic rings. The molecule has 0 bridgehead atoms. The van der Waals surface area contributed by atoms with Gasteiger partial charge in [-0.25, -0.2) is 13.8 Å². The van der Waals surface area contributed by atoms with E-state index >= 15 is 4.39 Å². The first-order valence-corrected chi connectivity index (χ1v) is 14.4. The number of benzene rings is 1. The monoisotopic (exact) mass is 610 g/mol. The molecule has 6 heterocycles. The van der Waals surface area contributed by atoms with Gasteiger partial charge in [-0.3, -0.25) is 4.90 Å². The zero-order valence-corrected chi connectivity index (χ0v) is 23.2. The van der Waals surface area contributed by atoms with Crippen LogP contribution in [0.1, 0.15) is 44.1 Å². The SMILES string of the molecule is Nc1cc(Cl)c(C(F)(F)F)c(-c2nc3c4c(nc(OC[C@@]56CCCN5C[C@H](F)C6)nc4c2F)N2CCCCC2CO3)c1. The molecule has 8 nitrogen and oxygen atoms in total. The van der Waals surface area contributed by atoms with E-state index in [4.69, 9.17) is 26.8 Å². The fourth-order valence-electron chi connectivity index (χ4n) is 7.04. The van der Waals surface area contributed by atoms with Crippen molar-refractivity contribution in [3.05, 3.63) is 28.5 Å². The van der Waals surface area contributed by atoms with Gasteiger partial charge in [-0.15, -0.1) is 0 Å². The molecule has 0 spiro atoms. The van der Waals surface area contributed by atoms with Crippen LogP contribution in [0.2, 0.25) is 5.02 Å². The van der Waals surface area contributed by atoms with E-state index in [1.807, 2.05) is 4.90 Å². The molecule has 14 heteroatoms. The Balaban J connectivity index is 1.40. The van der Waals surface area contributed by atoms with Crippen LogP contribution < -0.4 is 20.1 Å². The zero-order valence-electron chi connectivity index (χ0n) is 22.5. The lowest BCUT2D eigenvalue weighted by Gasteiger charge is -2.35. The number of halogens is 6. The van der Waals surface area contributed by atoms with Crippen molar-refractivity contribution in [2.75, 3.05) is 43.5 Å². The van der Waals surface area contributed by atoms with Crippen LogP contribution in [-0.4, -0.2) is 70.5 Å². The number of piperidine rings is 1. The highest BCUT2D eigenvalue weighted by molar-refractivity contribution is 6.32. The number of nitrogens with zero attached hydrogens (tertiary/aromatic N) is 5. The van der Waals surface area contributed by atoms with Crippen LogP contribution in [0.5, 0.6) is 11.9 Å². The number of hydrogen-bond acceptors (Lipinski definition) is 8. The van der Waals surface area contributed by atoms with E-state index in [1.54, 1.807) is 0 Å². The van der Waals surface area contributed by atoms with Gasteiger partial charge < -0.3 is 20.1 Å². The number of alkyl halides is 4. The van der Waals surface area contributed by atoms with E-state index in [0.29, 0.717) is 25.3 Å². The van der Waals surface area contributed by atoms with E-state index in [1.165, 1.54) is 0 Å². The predicted octanol–water partition coefficient (Wildman–Crippen LogP) is 5.79. The van der Waals surface area contributed by atoms with Crippen LogP contribution in [0.15, 0.2) is 12.1 Å². The lowest BCUT2D eigenvalue weighted by Crippen LogP contribution is -2.44. The Morgan fingerprint density at radius 2 is 1.98 bits per heavy atom. The summed E-state index contributed by atoms with van der Waals surface area (Å²) in [4.78, 5) is 17.4.